The van der Waals surface area contributed by atoms with Crippen LogP contribution in [0.5, 0.6) is 0 Å². The van der Waals surface area contributed by atoms with E-state index in [0.717, 1.165) is 19.6 Å². The van der Waals surface area contributed by atoms with Crippen molar-refractivity contribution in [1.82, 2.24) is 15.2 Å². The van der Waals surface area contributed by atoms with E-state index in [2.05, 4.69) is 39.5 Å². The van der Waals surface area contributed by atoms with E-state index < -0.39 is 0 Å². The largest absolute Gasteiger partial charge is 0.374 e. The molecule has 0 spiro atoms. The number of aromatic nitrogens is 1. The van der Waals surface area contributed by atoms with Crippen LogP contribution in [0.1, 0.15) is 15.9 Å². The first-order valence-electron chi connectivity index (χ1n) is 8.06. The number of nitrogens with zero attached hydrogens (tertiary/aromatic N) is 1. The maximum absolute atomic E-state index is 12.2. The fourth-order valence-electron chi connectivity index (χ4n) is 2.79. The summed E-state index contributed by atoms with van der Waals surface area (Å²) < 4.78 is 6.22. The van der Waals surface area contributed by atoms with Crippen molar-refractivity contribution in [2.45, 2.75) is 12.6 Å². The Balaban J connectivity index is 1.51. The quantitative estimate of drug-likeness (QED) is 0.819. The van der Waals surface area contributed by atoms with Crippen LogP contribution in [0.3, 0.4) is 0 Å². The molecule has 0 bridgehead atoms. The molecule has 2 aromatic rings. The zero-order chi connectivity index (χ0) is 16.8. The van der Waals surface area contributed by atoms with Gasteiger partial charge >= 0.3 is 0 Å². The molecule has 2 N–H and O–H groups in total. The Bertz CT molecular complexity index is 732. The summed E-state index contributed by atoms with van der Waals surface area (Å²) in [5.74, 6) is -0.166. The van der Waals surface area contributed by atoms with E-state index in [1.807, 2.05) is 6.07 Å². The highest BCUT2D eigenvalue weighted by molar-refractivity contribution is 7.71. The molecule has 3 rings (SSSR count). The zero-order valence-electron chi connectivity index (χ0n) is 13.4. The molecule has 1 aromatic carbocycles. The molecule has 1 amide bonds. The summed E-state index contributed by atoms with van der Waals surface area (Å²) in [5, 5.41) is 2.92. The van der Waals surface area contributed by atoms with Crippen LogP contribution in [0.4, 0.5) is 0 Å². The Labute approximate surface area is 146 Å². The monoisotopic (exact) mass is 343 g/mol. The lowest BCUT2D eigenvalue weighted by molar-refractivity contribution is -0.0292. The predicted molar refractivity (Wildman–Crippen MR) is 95.4 cm³/mol. The Morgan fingerprint density at radius 1 is 1.29 bits per heavy atom. The molecule has 6 heteroatoms. The molecular weight excluding hydrogens is 322 g/mol. The topological polar surface area (TPSA) is 57.4 Å². The van der Waals surface area contributed by atoms with Gasteiger partial charge in [-0.1, -0.05) is 42.5 Å². The van der Waals surface area contributed by atoms with Crippen molar-refractivity contribution in [3.8, 4) is 0 Å². The maximum atomic E-state index is 12.2. The summed E-state index contributed by atoms with van der Waals surface area (Å²) in [6.45, 7) is 3.77. The van der Waals surface area contributed by atoms with Gasteiger partial charge in [-0.2, -0.15) is 0 Å². The van der Waals surface area contributed by atoms with Crippen LogP contribution in [0.2, 0.25) is 0 Å². The Kier molecular flexibility index (Phi) is 5.74. The average Bonchev–Trinajstić information content (AvgIpc) is 2.61. The molecule has 1 aliphatic heterocycles. The lowest BCUT2D eigenvalue weighted by atomic mass is 10.2. The van der Waals surface area contributed by atoms with Crippen LogP contribution in [0.15, 0.2) is 48.7 Å². The van der Waals surface area contributed by atoms with Crippen molar-refractivity contribution >= 4 is 18.1 Å². The van der Waals surface area contributed by atoms with Crippen molar-refractivity contribution in [2.75, 3.05) is 26.2 Å². The number of carbonyl (C=O) groups excluding carboxylic acids is 1. The molecule has 0 aliphatic carbocycles. The first-order chi connectivity index (χ1) is 11.7. The third kappa shape index (κ3) is 4.50. The number of H-pyrrole nitrogens is 1. The van der Waals surface area contributed by atoms with Gasteiger partial charge in [-0.15, -0.1) is 0 Å². The van der Waals surface area contributed by atoms with Gasteiger partial charge < -0.3 is 15.0 Å². The van der Waals surface area contributed by atoms with Gasteiger partial charge in [-0.05, 0) is 17.7 Å². The number of nitrogens with one attached hydrogen (secondary N) is 2. The molecule has 1 saturated heterocycles. The van der Waals surface area contributed by atoms with Crippen LogP contribution in [0.25, 0.3) is 0 Å². The van der Waals surface area contributed by atoms with E-state index in [1.54, 1.807) is 18.3 Å². The van der Waals surface area contributed by atoms with Gasteiger partial charge in [0.05, 0.1) is 18.3 Å². The van der Waals surface area contributed by atoms with Gasteiger partial charge in [-0.3, -0.25) is 9.69 Å². The Morgan fingerprint density at radius 3 is 2.92 bits per heavy atom. The van der Waals surface area contributed by atoms with Gasteiger partial charge in [0.1, 0.15) is 4.64 Å². The molecule has 0 saturated carbocycles. The lowest BCUT2D eigenvalue weighted by Gasteiger charge is -2.33. The molecule has 0 radical (unpaired) electrons. The summed E-state index contributed by atoms with van der Waals surface area (Å²) in [5.41, 5.74) is 1.78. The first-order valence-corrected chi connectivity index (χ1v) is 8.47. The van der Waals surface area contributed by atoms with Crippen LogP contribution < -0.4 is 5.32 Å². The molecule has 1 aliphatic rings. The highest BCUT2D eigenvalue weighted by atomic mass is 32.1. The number of morpholine rings is 1. The van der Waals surface area contributed by atoms with Gasteiger partial charge in [0, 0.05) is 32.4 Å². The number of rotatable bonds is 5. The van der Waals surface area contributed by atoms with Crippen LogP contribution in [-0.2, 0) is 11.3 Å². The Hall–Kier alpha value is -2.02. The number of pyridine rings is 1. The van der Waals surface area contributed by atoms with Crippen molar-refractivity contribution in [1.29, 1.82) is 0 Å². The normalized spacial score (nSPS) is 18.2. The highest BCUT2D eigenvalue weighted by Gasteiger charge is 2.21. The average molecular weight is 343 g/mol. The molecule has 1 fully saturated rings. The second kappa shape index (κ2) is 8.19. The summed E-state index contributed by atoms with van der Waals surface area (Å²) in [4.78, 5) is 17.4. The zero-order valence-corrected chi connectivity index (χ0v) is 14.2. The maximum Gasteiger partial charge on any atom is 0.254 e. The number of ether oxygens (including phenoxy) is 1. The fraction of sp³-hybridized carbons (Fsp3) is 0.333. The molecule has 1 atom stereocenters. The second-order valence-electron chi connectivity index (χ2n) is 5.84. The molecule has 126 valence electrons. The smallest absolute Gasteiger partial charge is 0.254 e. The van der Waals surface area contributed by atoms with Crippen LogP contribution >= 0.6 is 12.2 Å². The van der Waals surface area contributed by atoms with Crippen molar-refractivity contribution in [3.05, 3.63) is 64.4 Å². The number of aromatic amines is 1. The highest BCUT2D eigenvalue weighted by Crippen LogP contribution is 2.10. The SMILES string of the molecule is O=C(NC[C@@H]1CN(Cc2ccccc2)CCO1)c1ccc[nH]c1=S. The molecule has 5 nitrogen and oxygen atoms in total. The molecular formula is C18H21N3O2S. The van der Waals surface area contributed by atoms with E-state index in [9.17, 15) is 4.79 Å². The minimum absolute atomic E-state index is 0.00678. The minimum atomic E-state index is -0.166. The number of carbonyl (C=O) groups is 1. The first kappa shape index (κ1) is 16.8. The Morgan fingerprint density at radius 2 is 2.12 bits per heavy atom. The summed E-state index contributed by atoms with van der Waals surface area (Å²) in [6, 6.07) is 13.9. The van der Waals surface area contributed by atoms with Gasteiger partial charge in [0.25, 0.3) is 5.91 Å². The summed E-state index contributed by atoms with van der Waals surface area (Å²) in [7, 11) is 0. The van der Waals surface area contributed by atoms with Crippen molar-refractivity contribution in [2.24, 2.45) is 0 Å². The predicted octanol–water partition coefficient (Wildman–Crippen LogP) is 2.37. The van der Waals surface area contributed by atoms with Gasteiger partial charge in [0.15, 0.2) is 0 Å². The van der Waals surface area contributed by atoms with Crippen molar-refractivity contribution in [3.63, 3.8) is 0 Å². The van der Waals surface area contributed by atoms with E-state index in [4.69, 9.17) is 17.0 Å². The van der Waals surface area contributed by atoms with Crippen LogP contribution in [-0.4, -0.2) is 48.1 Å². The van der Waals surface area contributed by atoms with Gasteiger partial charge in [-0.25, -0.2) is 0 Å². The molecule has 1 aromatic heterocycles. The minimum Gasteiger partial charge on any atom is -0.374 e. The third-order valence-electron chi connectivity index (χ3n) is 4.02. The van der Waals surface area contributed by atoms with E-state index in [-0.39, 0.29) is 12.0 Å². The number of benzene rings is 1. The van der Waals surface area contributed by atoms with Crippen molar-refractivity contribution < 1.29 is 9.53 Å². The van der Waals surface area contributed by atoms with E-state index in [1.165, 1.54) is 5.56 Å². The van der Waals surface area contributed by atoms with Crippen LogP contribution in [0, 0.1) is 4.64 Å². The fourth-order valence-corrected chi connectivity index (χ4v) is 3.02. The van der Waals surface area contributed by atoms with E-state index >= 15 is 0 Å². The standard InChI is InChI=1S/C18H21N3O2S/c22-17(16-7-4-8-19-18(16)24)20-11-15-13-21(9-10-23-15)12-14-5-2-1-3-6-14/h1-8,15H,9-13H2,(H,19,24)(H,20,22)/t15-/m1/s1. The third-order valence-corrected chi connectivity index (χ3v) is 4.36. The number of hydrogen-bond donors (Lipinski definition) is 2. The molecule has 2 heterocycles. The molecule has 0 unspecified atom stereocenters. The number of amides is 1. The summed E-state index contributed by atoms with van der Waals surface area (Å²) >= 11 is 5.13. The lowest BCUT2D eigenvalue weighted by Crippen LogP contribution is -2.47. The van der Waals surface area contributed by atoms with E-state index in [0.29, 0.717) is 23.4 Å². The number of hydrogen-bond acceptors (Lipinski definition) is 4. The molecule has 24 heavy (non-hydrogen) atoms. The second-order valence-corrected chi connectivity index (χ2v) is 6.24. The summed E-state index contributed by atoms with van der Waals surface area (Å²) in [6.07, 6.45) is 1.71. The van der Waals surface area contributed by atoms with Gasteiger partial charge in [0.2, 0.25) is 0 Å².